The first-order chi connectivity index (χ1) is 7.90. The molecule has 0 aliphatic carbocycles. The highest BCUT2D eigenvalue weighted by molar-refractivity contribution is 5.22. The third kappa shape index (κ3) is 5.85. The van der Waals surface area contributed by atoms with Crippen molar-refractivity contribution in [3.63, 3.8) is 0 Å². The fraction of sp³-hybridized carbons (Fsp3) is 0.600. The van der Waals surface area contributed by atoms with E-state index in [0.29, 0.717) is 5.41 Å². The second kappa shape index (κ2) is 6.18. The molecule has 0 aliphatic rings. The second-order valence-electron chi connectivity index (χ2n) is 6.08. The maximum Gasteiger partial charge on any atom is 0.0230 e. The summed E-state index contributed by atoms with van der Waals surface area (Å²) in [6.45, 7) is 9.92. The molecule has 0 atom stereocenters. The molecule has 0 bridgehead atoms. The summed E-state index contributed by atoms with van der Waals surface area (Å²) in [4.78, 5) is 2.38. The van der Waals surface area contributed by atoms with Crippen LogP contribution >= 0.6 is 0 Å². The average molecular weight is 234 g/mol. The Kier molecular flexibility index (Phi) is 5.16. The Morgan fingerprint density at radius 1 is 1.06 bits per heavy atom. The van der Waals surface area contributed by atoms with Gasteiger partial charge >= 0.3 is 0 Å². The largest absolute Gasteiger partial charge is 0.316 e. The van der Waals surface area contributed by atoms with Crippen LogP contribution in [0, 0.1) is 5.41 Å². The van der Waals surface area contributed by atoms with E-state index < -0.39 is 0 Å². The van der Waals surface area contributed by atoms with Crippen molar-refractivity contribution in [1.29, 1.82) is 0 Å². The molecule has 0 amide bonds. The molecule has 1 aromatic carbocycles. The molecule has 1 rings (SSSR count). The van der Waals surface area contributed by atoms with Gasteiger partial charge in [0.2, 0.25) is 0 Å². The molecule has 0 saturated heterocycles. The van der Waals surface area contributed by atoms with E-state index in [9.17, 15) is 0 Å². The Balaban J connectivity index is 2.51. The van der Waals surface area contributed by atoms with Crippen LogP contribution in [0.5, 0.6) is 0 Å². The summed E-state index contributed by atoms with van der Waals surface area (Å²) in [6, 6.07) is 8.87. The average Bonchev–Trinajstić information content (AvgIpc) is 2.18. The summed E-state index contributed by atoms with van der Waals surface area (Å²) in [7, 11) is 4.16. The molecular formula is C15H26N2. The van der Waals surface area contributed by atoms with Gasteiger partial charge in [0.1, 0.15) is 0 Å². The number of benzene rings is 1. The quantitative estimate of drug-likeness (QED) is 0.843. The molecule has 1 aromatic rings. The first-order valence-corrected chi connectivity index (χ1v) is 6.32. The molecule has 0 aliphatic heterocycles. The molecule has 2 nitrogen and oxygen atoms in total. The molecular weight excluding hydrogens is 208 g/mol. The maximum atomic E-state index is 3.16. The van der Waals surface area contributed by atoms with Gasteiger partial charge in [0.05, 0.1) is 0 Å². The van der Waals surface area contributed by atoms with Crippen LogP contribution in [0.1, 0.15) is 31.9 Å². The molecule has 0 saturated carbocycles. The van der Waals surface area contributed by atoms with Crippen molar-refractivity contribution in [3.8, 4) is 0 Å². The van der Waals surface area contributed by atoms with E-state index in [0.717, 1.165) is 19.6 Å². The van der Waals surface area contributed by atoms with Gasteiger partial charge in [0.15, 0.2) is 0 Å². The summed E-state index contributed by atoms with van der Waals surface area (Å²) in [5.41, 5.74) is 3.09. The molecule has 0 unspecified atom stereocenters. The molecule has 2 heteroatoms. The highest BCUT2D eigenvalue weighted by Crippen LogP contribution is 2.16. The van der Waals surface area contributed by atoms with E-state index in [1.54, 1.807) is 0 Å². The Morgan fingerprint density at radius 3 is 2.06 bits per heavy atom. The van der Waals surface area contributed by atoms with Crippen molar-refractivity contribution in [3.05, 3.63) is 35.4 Å². The Morgan fingerprint density at radius 2 is 1.59 bits per heavy atom. The molecule has 1 N–H and O–H groups in total. The van der Waals surface area contributed by atoms with Crippen LogP contribution in [0.2, 0.25) is 0 Å². The zero-order valence-corrected chi connectivity index (χ0v) is 11.9. The lowest BCUT2D eigenvalue weighted by Crippen LogP contribution is -2.28. The molecule has 0 heterocycles. The SMILES string of the molecule is CNCc1ccc(CN(C)CC(C)(C)C)cc1. The predicted octanol–water partition coefficient (Wildman–Crippen LogP) is 2.88. The van der Waals surface area contributed by atoms with E-state index in [2.05, 4.69) is 62.3 Å². The van der Waals surface area contributed by atoms with Gasteiger partial charge in [-0.3, -0.25) is 0 Å². The number of nitrogens with zero attached hydrogens (tertiary/aromatic N) is 1. The Hall–Kier alpha value is -0.860. The normalized spacial score (nSPS) is 12.1. The number of hydrogen-bond acceptors (Lipinski definition) is 2. The molecule has 17 heavy (non-hydrogen) atoms. The number of hydrogen-bond donors (Lipinski definition) is 1. The van der Waals surface area contributed by atoms with Crippen LogP contribution in [0.25, 0.3) is 0 Å². The first-order valence-electron chi connectivity index (χ1n) is 6.32. The van der Waals surface area contributed by atoms with Crippen molar-refractivity contribution in [2.24, 2.45) is 5.41 Å². The van der Waals surface area contributed by atoms with Crippen LogP contribution in [0.3, 0.4) is 0 Å². The van der Waals surface area contributed by atoms with Crippen LogP contribution in [-0.2, 0) is 13.1 Å². The van der Waals surface area contributed by atoms with Crippen LogP contribution in [0.4, 0.5) is 0 Å². The number of nitrogens with one attached hydrogen (secondary N) is 1. The van der Waals surface area contributed by atoms with E-state index in [1.165, 1.54) is 11.1 Å². The van der Waals surface area contributed by atoms with Gasteiger partial charge in [0.25, 0.3) is 0 Å². The van der Waals surface area contributed by atoms with Gasteiger partial charge in [-0.1, -0.05) is 45.0 Å². The third-order valence-electron chi connectivity index (χ3n) is 2.60. The first kappa shape index (κ1) is 14.2. The van der Waals surface area contributed by atoms with Gasteiger partial charge in [-0.2, -0.15) is 0 Å². The maximum absolute atomic E-state index is 3.16. The molecule has 0 aromatic heterocycles. The van der Waals surface area contributed by atoms with Crippen molar-refractivity contribution >= 4 is 0 Å². The van der Waals surface area contributed by atoms with Gasteiger partial charge in [-0.25, -0.2) is 0 Å². The molecule has 96 valence electrons. The van der Waals surface area contributed by atoms with Crippen molar-refractivity contribution in [1.82, 2.24) is 10.2 Å². The van der Waals surface area contributed by atoms with Crippen molar-refractivity contribution in [2.75, 3.05) is 20.6 Å². The summed E-state index contributed by atoms with van der Waals surface area (Å²) in [5, 5.41) is 3.16. The summed E-state index contributed by atoms with van der Waals surface area (Å²) >= 11 is 0. The minimum absolute atomic E-state index is 0.362. The van der Waals surface area contributed by atoms with Gasteiger partial charge in [-0.15, -0.1) is 0 Å². The van der Waals surface area contributed by atoms with Crippen LogP contribution in [-0.4, -0.2) is 25.5 Å². The van der Waals surface area contributed by atoms with E-state index in [4.69, 9.17) is 0 Å². The van der Waals surface area contributed by atoms with E-state index >= 15 is 0 Å². The molecule has 0 spiro atoms. The van der Waals surface area contributed by atoms with Crippen LogP contribution in [0.15, 0.2) is 24.3 Å². The van der Waals surface area contributed by atoms with Crippen molar-refractivity contribution < 1.29 is 0 Å². The summed E-state index contributed by atoms with van der Waals surface area (Å²) < 4.78 is 0. The third-order valence-corrected chi connectivity index (χ3v) is 2.60. The lowest BCUT2D eigenvalue weighted by atomic mass is 9.96. The number of rotatable bonds is 5. The fourth-order valence-electron chi connectivity index (χ4n) is 2.14. The van der Waals surface area contributed by atoms with Gasteiger partial charge in [0, 0.05) is 19.6 Å². The van der Waals surface area contributed by atoms with E-state index in [-0.39, 0.29) is 0 Å². The van der Waals surface area contributed by atoms with Gasteiger partial charge < -0.3 is 10.2 Å². The summed E-state index contributed by atoms with van der Waals surface area (Å²) in [6.07, 6.45) is 0. The topological polar surface area (TPSA) is 15.3 Å². The van der Waals surface area contributed by atoms with Crippen molar-refractivity contribution in [2.45, 2.75) is 33.9 Å². The van der Waals surface area contributed by atoms with E-state index in [1.807, 2.05) is 7.05 Å². The predicted molar refractivity (Wildman–Crippen MR) is 75.0 cm³/mol. The fourth-order valence-corrected chi connectivity index (χ4v) is 2.14. The zero-order valence-electron chi connectivity index (χ0n) is 11.9. The second-order valence-corrected chi connectivity index (χ2v) is 6.08. The highest BCUT2D eigenvalue weighted by atomic mass is 15.1. The Labute approximate surface area is 106 Å². The zero-order chi connectivity index (χ0) is 12.9. The minimum atomic E-state index is 0.362. The Bertz CT molecular complexity index is 322. The molecule has 0 radical (unpaired) electrons. The lowest BCUT2D eigenvalue weighted by molar-refractivity contribution is 0.221. The highest BCUT2D eigenvalue weighted by Gasteiger charge is 2.13. The van der Waals surface area contributed by atoms with Crippen LogP contribution < -0.4 is 5.32 Å². The smallest absolute Gasteiger partial charge is 0.0230 e. The lowest BCUT2D eigenvalue weighted by Gasteiger charge is -2.26. The standard InChI is InChI=1S/C15H26N2/c1-15(2,3)12-17(5)11-14-8-6-13(7-9-14)10-16-4/h6-9,16H,10-12H2,1-5H3. The monoisotopic (exact) mass is 234 g/mol. The minimum Gasteiger partial charge on any atom is -0.316 e. The summed E-state index contributed by atoms with van der Waals surface area (Å²) in [5.74, 6) is 0. The van der Waals surface area contributed by atoms with Gasteiger partial charge in [-0.05, 0) is 30.6 Å². The molecule has 0 fully saturated rings.